The highest BCUT2D eigenvalue weighted by molar-refractivity contribution is 7.80. The Kier molecular flexibility index (Phi) is 5.96. The van der Waals surface area contributed by atoms with Crippen LogP contribution in [0.4, 0.5) is 5.69 Å². The maximum Gasteiger partial charge on any atom is 0.153 e. The normalized spacial score (nSPS) is 10.3. The van der Waals surface area contributed by atoms with Gasteiger partial charge in [0.05, 0.1) is 5.69 Å². The zero-order valence-corrected chi connectivity index (χ0v) is 14.3. The van der Waals surface area contributed by atoms with Crippen molar-refractivity contribution in [1.82, 2.24) is 0 Å². The molecule has 0 atom stereocenters. The first-order chi connectivity index (χ1) is 10.6. The van der Waals surface area contributed by atoms with Gasteiger partial charge in [0.15, 0.2) is 5.75 Å². The van der Waals surface area contributed by atoms with Crippen molar-refractivity contribution in [3.8, 4) is 11.5 Å². The molecule has 0 amide bonds. The Labute approximate surface area is 138 Å². The molecule has 2 aromatic rings. The van der Waals surface area contributed by atoms with Gasteiger partial charge < -0.3 is 10.1 Å². The van der Waals surface area contributed by atoms with Crippen LogP contribution in [0.1, 0.15) is 37.8 Å². The molecular formula is C19H23NOS. The Balaban J connectivity index is 2.34. The number of benzene rings is 2. The van der Waals surface area contributed by atoms with Gasteiger partial charge in [0.2, 0.25) is 0 Å². The lowest BCUT2D eigenvalue weighted by molar-refractivity contribution is 0.480. The molecule has 0 saturated heterocycles. The summed E-state index contributed by atoms with van der Waals surface area (Å²) in [5.74, 6) is 1.72. The van der Waals surface area contributed by atoms with Crippen LogP contribution in [0.15, 0.2) is 42.5 Å². The lowest BCUT2D eigenvalue weighted by Crippen LogP contribution is -2.05. The monoisotopic (exact) mass is 313 g/mol. The number of nitrogens with one attached hydrogen (secondary N) is 1. The highest BCUT2D eigenvalue weighted by atomic mass is 32.1. The molecule has 0 spiro atoms. The van der Waals surface area contributed by atoms with Crippen LogP contribution in [0.5, 0.6) is 11.5 Å². The van der Waals surface area contributed by atoms with E-state index in [4.69, 9.17) is 17.0 Å². The number of hydrogen-bond donors (Lipinski definition) is 1. The van der Waals surface area contributed by atoms with Crippen molar-refractivity contribution in [2.24, 2.45) is 0 Å². The van der Waals surface area contributed by atoms with Gasteiger partial charge in [0.25, 0.3) is 0 Å². The van der Waals surface area contributed by atoms with E-state index in [1.54, 1.807) is 0 Å². The van der Waals surface area contributed by atoms with Crippen LogP contribution in [0, 0.1) is 6.92 Å². The van der Waals surface area contributed by atoms with Crippen LogP contribution in [-0.4, -0.2) is 11.4 Å². The number of hydrogen-bond acceptors (Lipinski definition) is 3. The van der Waals surface area contributed by atoms with Crippen molar-refractivity contribution in [2.45, 2.75) is 33.6 Å². The number of anilines is 1. The van der Waals surface area contributed by atoms with E-state index in [1.165, 1.54) is 0 Å². The summed E-state index contributed by atoms with van der Waals surface area (Å²) < 4.78 is 6.10. The number of para-hydroxylation sites is 1. The molecule has 3 heteroatoms. The lowest BCUT2D eigenvalue weighted by Gasteiger charge is -2.17. The first-order valence-corrected chi connectivity index (χ1v) is 8.15. The van der Waals surface area contributed by atoms with Gasteiger partial charge in [-0.3, -0.25) is 0 Å². The van der Waals surface area contributed by atoms with E-state index in [0.29, 0.717) is 0 Å². The van der Waals surface area contributed by atoms with E-state index in [-0.39, 0.29) is 0 Å². The molecule has 0 bridgehead atoms. The Morgan fingerprint density at radius 2 is 1.91 bits per heavy atom. The van der Waals surface area contributed by atoms with E-state index in [1.807, 2.05) is 37.3 Å². The molecule has 2 rings (SSSR count). The van der Waals surface area contributed by atoms with Crippen LogP contribution >= 0.6 is 12.2 Å². The summed E-state index contributed by atoms with van der Waals surface area (Å²) in [5.41, 5.74) is 3.17. The van der Waals surface area contributed by atoms with Crippen molar-refractivity contribution in [3.05, 3.63) is 53.6 Å². The summed E-state index contributed by atoms with van der Waals surface area (Å²) in [5, 5.41) is 3.49. The van der Waals surface area contributed by atoms with Crippen molar-refractivity contribution < 1.29 is 4.74 Å². The predicted octanol–water partition coefficient (Wildman–Crippen LogP) is 5.74. The second kappa shape index (κ2) is 7.95. The largest absolute Gasteiger partial charge is 0.455 e. The highest BCUT2D eigenvalue weighted by Crippen LogP contribution is 2.34. The molecule has 22 heavy (non-hydrogen) atoms. The van der Waals surface area contributed by atoms with E-state index in [2.05, 4.69) is 31.3 Å². The van der Waals surface area contributed by atoms with Crippen LogP contribution in [-0.2, 0) is 0 Å². The average Bonchev–Trinajstić information content (AvgIpc) is 2.51. The minimum Gasteiger partial charge on any atom is -0.455 e. The number of thiocarbonyl (C=S) groups is 1. The fraction of sp³-hybridized carbons (Fsp3) is 0.316. The van der Waals surface area contributed by atoms with E-state index in [9.17, 15) is 0 Å². The molecule has 0 radical (unpaired) electrons. The summed E-state index contributed by atoms with van der Waals surface area (Å²) in [6, 6.07) is 14.0. The standard InChI is InChI=1S/C19H23NOS/c1-4-5-11-20-18-13-16(15(3)22)12-14(2)19(18)21-17-9-7-6-8-10-17/h6-10,12-13,20H,4-5,11H2,1-3H3. The summed E-state index contributed by atoms with van der Waals surface area (Å²) in [6.07, 6.45) is 2.29. The molecule has 0 aliphatic rings. The van der Waals surface area contributed by atoms with Crippen molar-refractivity contribution in [3.63, 3.8) is 0 Å². The van der Waals surface area contributed by atoms with Gasteiger partial charge >= 0.3 is 0 Å². The summed E-state index contributed by atoms with van der Waals surface area (Å²) >= 11 is 5.32. The van der Waals surface area contributed by atoms with Crippen molar-refractivity contribution in [1.29, 1.82) is 0 Å². The third-order valence-corrected chi connectivity index (χ3v) is 3.73. The van der Waals surface area contributed by atoms with Crippen molar-refractivity contribution in [2.75, 3.05) is 11.9 Å². The number of unbranched alkanes of at least 4 members (excludes halogenated alkanes) is 1. The minimum absolute atomic E-state index is 0.843. The van der Waals surface area contributed by atoms with Gasteiger partial charge in [-0.2, -0.15) is 0 Å². The summed E-state index contributed by atoms with van der Waals surface area (Å²) in [7, 11) is 0. The van der Waals surface area contributed by atoms with Gasteiger partial charge in [0.1, 0.15) is 5.75 Å². The molecule has 0 aliphatic carbocycles. The molecule has 0 saturated carbocycles. The Hall–Kier alpha value is -1.87. The average molecular weight is 313 g/mol. The number of aryl methyl sites for hydroxylation is 1. The zero-order valence-electron chi connectivity index (χ0n) is 13.5. The quantitative estimate of drug-likeness (QED) is 0.400. The van der Waals surface area contributed by atoms with Gasteiger partial charge in [-0.1, -0.05) is 43.8 Å². The van der Waals surface area contributed by atoms with E-state index >= 15 is 0 Å². The third-order valence-electron chi connectivity index (χ3n) is 3.49. The zero-order chi connectivity index (χ0) is 15.9. The Morgan fingerprint density at radius 1 is 1.18 bits per heavy atom. The first kappa shape index (κ1) is 16.5. The molecule has 2 aromatic carbocycles. The fourth-order valence-corrected chi connectivity index (χ4v) is 2.37. The second-order valence-corrected chi connectivity index (χ2v) is 6.03. The summed E-state index contributed by atoms with van der Waals surface area (Å²) in [4.78, 5) is 0.896. The molecule has 0 aliphatic heterocycles. The number of ether oxygens (including phenoxy) is 1. The van der Waals surface area contributed by atoms with Gasteiger partial charge in [0, 0.05) is 11.4 Å². The van der Waals surface area contributed by atoms with Gasteiger partial charge in [-0.25, -0.2) is 0 Å². The minimum atomic E-state index is 0.843. The van der Waals surface area contributed by atoms with Gasteiger partial charge in [-0.05, 0) is 55.7 Å². The van der Waals surface area contributed by atoms with E-state index in [0.717, 1.165) is 52.6 Å². The van der Waals surface area contributed by atoms with E-state index < -0.39 is 0 Å². The van der Waals surface area contributed by atoms with Crippen LogP contribution in [0.25, 0.3) is 0 Å². The smallest absolute Gasteiger partial charge is 0.153 e. The summed E-state index contributed by atoms with van der Waals surface area (Å²) in [6.45, 7) is 7.13. The van der Waals surface area contributed by atoms with Crippen LogP contribution in [0.2, 0.25) is 0 Å². The second-order valence-electron chi connectivity index (χ2n) is 5.42. The molecule has 0 aromatic heterocycles. The Morgan fingerprint density at radius 3 is 2.55 bits per heavy atom. The third kappa shape index (κ3) is 4.31. The van der Waals surface area contributed by atoms with Gasteiger partial charge in [-0.15, -0.1) is 0 Å². The molecule has 0 unspecified atom stereocenters. The fourth-order valence-electron chi connectivity index (χ4n) is 2.25. The molecular weight excluding hydrogens is 290 g/mol. The SMILES string of the molecule is CCCCNc1cc(C(C)=S)cc(C)c1Oc1ccccc1. The van der Waals surface area contributed by atoms with Crippen molar-refractivity contribution >= 4 is 22.8 Å². The Bertz CT molecular complexity index is 637. The molecule has 1 N–H and O–H groups in total. The highest BCUT2D eigenvalue weighted by Gasteiger charge is 2.11. The molecule has 0 heterocycles. The van der Waals surface area contributed by atoms with Crippen LogP contribution in [0.3, 0.4) is 0 Å². The topological polar surface area (TPSA) is 21.3 Å². The number of rotatable bonds is 7. The maximum absolute atomic E-state index is 6.10. The molecule has 0 fully saturated rings. The predicted molar refractivity (Wildman–Crippen MR) is 98.5 cm³/mol. The lowest BCUT2D eigenvalue weighted by atomic mass is 10.1. The maximum atomic E-state index is 6.10. The molecule has 116 valence electrons. The van der Waals surface area contributed by atoms with Crippen LogP contribution < -0.4 is 10.1 Å². The molecule has 2 nitrogen and oxygen atoms in total. The first-order valence-electron chi connectivity index (χ1n) is 7.74.